The van der Waals surface area contributed by atoms with Crippen molar-refractivity contribution in [3.05, 3.63) is 35.4 Å². The van der Waals surface area contributed by atoms with Gasteiger partial charge >= 0.3 is 0 Å². The van der Waals surface area contributed by atoms with E-state index < -0.39 is 5.91 Å². The van der Waals surface area contributed by atoms with Gasteiger partial charge in [-0.15, -0.1) is 24.0 Å². The molecule has 7 nitrogen and oxygen atoms in total. The number of benzene rings is 1. The van der Waals surface area contributed by atoms with E-state index in [1.54, 1.807) is 12.1 Å². The zero-order valence-electron chi connectivity index (χ0n) is 16.6. The van der Waals surface area contributed by atoms with Gasteiger partial charge in [0.25, 0.3) is 0 Å². The van der Waals surface area contributed by atoms with E-state index in [2.05, 4.69) is 15.6 Å². The van der Waals surface area contributed by atoms with E-state index in [0.29, 0.717) is 18.5 Å². The number of rotatable bonds is 8. The van der Waals surface area contributed by atoms with Crippen LogP contribution in [-0.2, 0) is 11.3 Å². The lowest BCUT2D eigenvalue weighted by molar-refractivity contribution is -0.130. The summed E-state index contributed by atoms with van der Waals surface area (Å²) in [6.07, 6.45) is 4.83. The molecule has 0 spiro atoms. The van der Waals surface area contributed by atoms with Crippen LogP contribution < -0.4 is 16.4 Å². The summed E-state index contributed by atoms with van der Waals surface area (Å²) in [6.45, 7) is 5.64. The van der Waals surface area contributed by atoms with E-state index in [1.165, 1.54) is 0 Å². The normalized spacial score (nSPS) is 14.8. The van der Waals surface area contributed by atoms with Crippen molar-refractivity contribution in [1.82, 2.24) is 15.5 Å². The third-order valence-electron chi connectivity index (χ3n) is 4.54. The molecule has 0 unspecified atom stereocenters. The molecule has 1 aliphatic rings. The quantitative estimate of drug-likeness (QED) is 0.220. The highest BCUT2D eigenvalue weighted by atomic mass is 127. The number of guanidine groups is 1. The number of nitrogens with two attached hydrogens (primary N) is 1. The molecule has 8 heteroatoms. The number of likely N-dealkylation sites (tertiary alicyclic amines) is 1. The number of hydrogen-bond donors (Lipinski definition) is 3. The summed E-state index contributed by atoms with van der Waals surface area (Å²) in [7, 11) is 0. The van der Waals surface area contributed by atoms with Crippen LogP contribution in [0, 0.1) is 0 Å². The van der Waals surface area contributed by atoms with Gasteiger partial charge in [-0.3, -0.25) is 9.59 Å². The van der Waals surface area contributed by atoms with Crippen LogP contribution >= 0.6 is 24.0 Å². The number of nitrogens with one attached hydrogen (secondary N) is 2. The molecule has 0 aliphatic carbocycles. The van der Waals surface area contributed by atoms with Crippen molar-refractivity contribution in [3.63, 3.8) is 0 Å². The van der Waals surface area contributed by atoms with Gasteiger partial charge in [-0.25, -0.2) is 4.99 Å². The van der Waals surface area contributed by atoms with Crippen LogP contribution in [0.1, 0.15) is 54.9 Å². The van der Waals surface area contributed by atoms with Crippen molar-refractivity contribution in [1.29, 1.82) is 0 Å². The van der Waals surface area contributed by atoms with Crippen molar-refractivity contribution in [2.75, 3.05) is 26.2 Å². The minimum Gasteiger partial charge on any atom is -0.366 e. The smallest absolute Gasteiger partial charge is 0.248 e. The maximum Gasteiger partial charge on any atom is 0.248 e. The molecular weight excluding hydrogens is 469 g/mol. The minimum absolute atomic E-state index is 0. The summed E-state index contributed by atoms with van der Waals surface area (Å²) in [5, 5.41) is 6.52. The highest BCUT2D eigenvalue weighted by Gasteiger charge is 2.15. The first-order valence-corrected chi connectivity index (χ1v) is 9.79. The summed E-state index contributed by atoms with van der Waals surface area (Å²) in [6, 6.07) is 7.19. The zero-order chi connectivity index (χ0) is 19.5. The van der Waals surface area contributed by atoms with Gasteiger partial charge in [0.1, 0.15) is 0 Å². The molecule has 156 valence electrons. The number of carbonyl (C=O) groups is 2. The molecule has 0 saturated carbocycles. The number of halogens is 1. The average molecular weight is 501 g/mol. The van der Waals surface area contributed by atoms with Crippen molar-refractivity contribution >= 4 is 41.8 Å². The van der Waals surface area contributed by atoms with Crippen molar-refractivity contribution in [3.8, 4) is 0 Å². The first-order chi connectivity index (χ1) is 13.1. The fraction of sp³-hybridized carbons (Fsp3) is 0.550. The predicted octanol–water partition coefficient (Wildman–Crippen LogP) is 2.25. The molecule has 1 aliphatic heterocycles. The molecule has 1 fully saturated rings. The second-order valence-electron chi connectivity index (χ2n) is 6.73. The Morgan fingerprint density at radius 2 is 2.07 bits per heavy atom. The van der Waals surface area contributed by atoms with E-state index in [1.807, 2.05) is 24.0 Å². The second kappa shape index (κ2) is 13.4. The van der Waals surface area contributed by atoms with Gasteiger partial charge in [-0.2, -0.15) is 0 Å². The number of hydrogen-bond acceptors (Lipinski definition) is 3. The molecule has 0 radical (unpaired) electrons. The molecular formula is C20H32IN5O2. The van der Waals surface area contributed by atoms with Crippen LogP contribution in [-0.4, -0.2) is 48.9 Å². The fourth-order valence-corrected chi connectivity index (χ4v) is 3.09. The SMILES string of the molecule is CCNC(=NCc1cccc(C(N)=O)c1)NCCCN1CCCCCC1=O.I. The third-order valence-corrected chi connectivity index (χ3v) is 4.54. The van der Waals surface area contributed by atoms with Crippen molar-refractivity contribution in [2.24, 2.45) is 10.7 Å². The highest BCUT2D eigenvalue weighted by Crippen LogP contribution is 2.11. The number of amides is 2. The zero-order valence-corrected chi connectivity index (χ0v) is 18.9. The van der Waals surface area contributed by atoms with E-state index in [-0.39, 0.29) is 29.9 Å². The minimum atomic E-state index is -0.436. The van der Waals surface area contributed by atoms with Crippen LogP contribution in [0.25, 0.3) is 0 Å². The molecule has 1 heterocycles. The van der Waals surface area contributed by atoms with Crippen LogP contribution in [0.2, 0.25) is 0 Å². The molecule has 1 aromatic carbocycles. The summed E-state index contributed by atoms with van der Waals surface area (Å²) in [4.78, 5) is 29.8. The monoisotopic (exact) mass is 501 g/mol. The van der Waals surface area contributed by atoms with Gasteiger partial charge in [0.2, 0.25) is 11.8 Å². The van der Waals surface area contributed by atoms with E-state index in [0.717, 1.165) is 63.4 Å². The molecule has 0 aromatic heterocycles. The molecule has 2 rings (SSSR count). The number of nitrogens with zero attached hydrogens (tertiary/aromatic N) is 2. The van der Waals surface area contributed by atoms with Gasteiger partial charge in [0.15, 0.2) is 5.96 Å². The Kier molecular flexibility index (Phi) is 11.5. The van der Waals surface area contributed by atoms with Gasteiger partial charge in [-0.1, -0.05) is 18.6 Å². The van der Waals surface area contributed by atoms with Crippen molar-refractivity contribution < 1.29 is 9.59 Å². The lowest BCUT2D eigenvalue weighted by Crippen LogP contribution is -2.39. The predicted molar refractivity (Wildman–Crippen MR) is 123 cm³/mol. The van der Waals surface area contributed by atoms with E-state index >= 15 is 0 Å². The van der Waals surface area contributed by atoms with E-state index in [4.69, 9.17) is 5.73 Å². The fourth-order valence-electron chi connectivity index (χ4n) is 3.09. The number of aliphatic imine (C=N–C) groups is 1. The summed E-state index contributed by atoms with van der Waals surface area (Å²) < 4.78 is 0. The average Bonchev–Trinajstić information content (AvgIpc) is 2.87. The molecule has 28 heavy (non-hydrogen) atoms. The Morgan fingerprint density at radius 1 is 1.25 bits per heavy atom. The maximum absolute atomic E-state index is 12.0. The Balaban J connectivity index is 0.00000392. The van der Waals surface area contributed by atoms with Crippen LogP contribution in [0.5, 0.6) is 0 Å². The topological polar surface area (TPSA) is 99.8 Å². The lowest BCUT2D eigenvalue weighted by Gasteiger charge is -2.20. The highest BCUT2D eigenvalue weighted by molar-refractivity contribution is 14.0. The Labute approximate surface area is 184 Å². The van der Waals surface area contributed by atoms with Gasteiger partial charge in [0.05, 0.1) is 6.54 Å². The van der Waals surface area contributed by atoms with Crippen LogP contribution in [0.15, 0.2) is 29.3 Å². The molecule has 4 N–H and O–H groups in total. The van der Waals surface area contributed by atoms with Gasteiger partial charge in [0, 0.05) is 38.2 Å². The Morgan fingerprint density at radius 3 is 2.82 bits per heavy atom. The van der Waals surface area contributed by atoms with E-state index in [9.17, 15) is 9.59 Å². The maximum atomic E-state index is 12.0. The Bertz CT molecular complexity index is 666. The largest absolute Gasteiger partial charge is 0.366 e. The standard InChI is InChI=1S/C20H31N5O2.HI/c1-2-22-20(24-15-16-8-6-9-17(14-16)19(21)27)23-11-7-13-25-12-5-3-4-10-18(25)26;/h6,8-9,14H,2-5,7,10-13,15H2,1H3,(H2,21,27)(H2,22,23,24);1H. The molecule has 1 saturated heterocycles. The molecule has 0 bridgehead atoms. The first kappa shape index (κ1) is 24.2. The second-order valence-corrected chi connectivity index (χ2v) is 6.73. The lowest BCUT2D eigenvalue weighted by atomic mass is 10.1. The molecule has 1 aromatic rings. The summed E-state index contributed by atoms with van der Waals surface area (Å²) in [5.74, 6) is 0.570. The molecule has 2 amide bonds. The van der Waals surface area contributed by atoms with Crippen LogP contribution in [0.4, 0.5) is 0 Å². The Hall–Kier alpha value is -1.84. The van der Waals surface area contributed by atoms with Gasteiger partial charge in [-0.05, 0) is 43.9 Å². The summed E-state index contributed by atoms with van der Waals surface area (Å²) >= 11 is 0. The van der Waals surface area contributed by atoms with Crippen molar-refractivity contribution in [2.45, 2.75) is 45.6 Å². The number of primary amides is 1. The first-order valence-electron chi connectivity index (χ1n) is 9.79. The summed E-state index contributed by atoms with van der Waals surface area (Å²) in [5.41, 5.74) is 6.74. The van der Waals surface area contributed by atoms with Gasteiger partial charge < -0.3 is 21.3 Å². The number of carbonyl (C=O) groups excluding carboxylic acids is 2. The van der Waals surface area contributed by atoms with Crippen LogP contribution in [0.3, 0.4) is 0 Å². The third kappa shape index (κ3) is 8.45. The molecule has 0 atom stereocenters.